The Labute approximate surface area is 140 Å². The number of hydrogen-bond acceptors (Lipinski definition) is 3. The highest BCUT2D eigenvalue weighted by atomic mass is 16.5. The Morgan fingerprint density at radius 2 is 1.78 bits per heavy atom. The normalized spacial score (nSPS) is 12.4. The molecule has 3 heteroatoms. The van der Waals surface area contributed by atoms with Crippen molar-refractivity contribution in [3.8, 4) is 0 Å². The van der Waals surface area contributed by atoms with Gasteiger partial charge in [-0.25, -0.2) is 0 Å². The predicted octanol–water partition coefficient (Wildman–Crippen LogP) is 4.46. The van der Waals surface area contributed by atoms with Crippen LogP contribution in [0.1, 0.15) is 43.9 Å². The molecule has 0 amide bonds. The van der Waals surface area contributed by atoms with E-state index in [0.29, 0.717) is 18.4 Å². The molecule has 23 heavy (non-hydrogen) atoms. The van der Waals surface area contributed by atoms with Crippen LogP contribution in [0.5, 0.6) is 0 Å². The lowest BCUT2D eigenvalue weighted by atomic mass is 10.0. The van der Waals surface area contributed by atoms with E-state index >= 15 is 0 Å². The van der Waals surface area contributed by atoms with Gasteiger partial charge in [-0.3, -0.25) is 4.98 Å². The highest BCUT2D eigenvalue weighted by molar-refractivity contribution is 5.47. The van der Waals surface area contributed by atoms with Crippen LogP contribution in [-0.4, -0.2) is 31.8 Å². The molecule has 0 radical (unpaired) electrons. The number of pyridine rings is 1. The van der Waals surface area contributed by atoms with Crippen LogP contribution in [0, 0.1) is 0 Å². The molecule has 0 fully saturated rings. The second-order valence-electron chi connectivity index (χ2n) is 6.40. The molecule has 0 aliphatic heterocycles. The molecule has 0 aliphatic rings. The van der Waals surface area contributed by atoms with Crippen LogP contribution in [0.2, 0.25) is 0 Å². The summed E-state index contributed by atoms with van der Waals surface area (Å²) < 4.78 is 5.82. The van der Waals surface area contributed by atoms with Crippen molar-refractivity contribution < 1.29 is 4.74 Å². The zero-order chi connectivity index (χ0) is 16.7. The third kappa shape index (κ3) is 5.36. The van der Waals surface area contributed by atoms with Gasteiger partial charge >= 0.3 is 0 Å². The largest absolute Gasteiger partial charge is 0.379 e. The SMILES string of the molecule is CC(C)c1ccc(N(C)CCOCC(C)c2ccccn2)cc1. The van der Waals surface area contributed by atoms with Crippen molar-refractivity contribution in [2.75, 3.05) is 31.7 Å². The predicted molar refractivity (Wildman–Crippen MR) is 97.3 cm³/mol. The topological polar surface area (TPSA) is 25.4 Å². The second kappa shape index (κ2) is 8.68. The van der Waals surface area contributed by atoms with Crippen LogP contribution in [0.4, 0.5) is 5.69 Å². The van der Waals surface area contributed by atoms with Gasteiger partial charge in [0.1, 0.15) is 0 Å². The molecule has 0 aliphatic carbocycles. The number of anilines is 1. The van der Waals surface area contributed by atoms with Crippen LogP contribution in [0.25, 0.3) is 0 Å². The third-order valence-electron chi connectivity index (χ3n) is 4.13. The highest BCUT2D eigenvalue weighted by Gasteiger charge is 2.07. The summed E-state index contributed by atoms with van der Waals surface area (Å²) >= 11 is 0. The van der Waals surface area contributed by atoms with Crippen molar-refractivity contribution in [3.63, 3.8) is 0 Å². The lowest BCUT2D eigenvalue weighted by molar-refractivity contribution is 0.129. The number of ether oxygens (including phenoxy) is 1. The summed E-state index contributed by atoms with van der Waals surface area (Å²) in [4.78, 5) is 6.60. The fourth-order valence-corrected chi connectivity index (χ4v) is 2.46. The molecule has 2 aromatic rings. The lowest BCUT2D eigenvalue weighted by Crippen LogP contribution is -2.23. The minimum atomic E-state index is 0.326. The van der Waals surface area contributed by atoms with E-state index in [-0.39, 0.29) is 0 Å². The minimum Gasteiger partial charge on any atom is -0.379 e. The average molecular weight is 312 g/mol. The van der Waals surface area contributed by atoms with Gasteiger partial charge in [0.25, 0.3) is 0 Å². The van der Waals surface area contributed by atoms with Crippen LogP contribution in [0.15, 0.2) is 48.7 Å². The average Bonchev–Trinajstić information content (AvgIpc) is 2.59. The first kappa shape index (κ1) is 17.5. The van der Waals surface area contributed by atoms with E-state index in [0.717, 1.165) is 18.8 Å². The van der Waals surface area contributed by atoms with E-state index in [1.54, 1.807) is 0 Å². The van der Waals surface area contributed by atoms with Crippen LogP contribution < -0.4 is 4.90 Å². The van der Waals surface area contributed by atoms with Gasteiger partial charge in [0.05, 0.1) is 13.2 Å². The molecule has 1 unspecified atom stereocenters. The van der Waals surface area contributed by atoms with Crippen molar-refractivity contribution in [3.05, 3.63) is 59.9 Å². The molecule has 1 aromatic heterocycles. The summed E-state index contributed by atoms with van der Waals surface area (Å²) in [5, 5.41) is 0. The standard InChI is InChI=1S/C20H28N2O/c1-16(2)18-8-10-19(11-9-18)22(4)13-14-23-15-17(3)20-7-5-6-12-21-20/h5-12,16-17H,13-15H2,1-4H3. The third-order valence-corrected chi connectivity index (χ3v) is 4.13. The quantitative estimate of drug-likeness (QED) is 0.673. The van der Waals surface area contributed by atoms with E-state index in [9.17, 15) is 0 Å². The molecule has 2 rings (SSSR count). The zero-order valence-electron chi connectivity index (χ0n) is 14.7. The lowest BCUT2D eigenvalue weighted by Gasteiger charge is -2.20. The van der Waals surface area contributed by atoms with Gasteiger partial charge < -0.3 is 9.64 Å². The molecule has 0 saturated heterocycles. The summed E-state index contributed by atoms with van der Waals surface area (Å²) in [7, 11) is 2.11. The molecule has 1 atom stereocenters. The molecule has 124 valence electrons. The van der Waals surface area contributed by atoms with Crippen LogP contribution in [0.3, 0.4) is 0 Å². The number of hydrogen-bond donors (Lipinski definition) is 0. The highest BCUT2D eigenvalue weighted by Crippen LogP contribution is 2.19. The Morgan fingerprint density at radius 3 is 2.39 bits per heavy atom. The molecule has 0 spiro atoms. The van der Waals surface area contributed by atoms with E-state index in [1.807, 2.05) is 18.3 Å². The Morgan fingerprint density at radius 1 is 1.04 bits per heavy atom. The van der Waals surface area contributed by atoms with Gasteiger partial charge in [0.2, 0.25) is 0 Å². The van der Waals surface area contributed by atoms with Gasteiger partial charge in [-0.15, -0.1) is 0 Å². The smallest absolute Gasteiger partial charge is 0.0641 e. The second-order valence-corrected chi connectivity index (χ2v) is 6.40. The maximum atomic E-state index is 5.82. The van der Waals surface area contributed by atoms with E-state index in [1.165, 1.54) is 11.3 Å². The fourth-order valence-electron chi connectivity index (χ4n) is 2.46. The van der Waals surface area contributed by atoms with Gasteiger partial charge in [-0.05, 0) is 35.7 Å². The Bertz CT molecular complexity index is 566. The molecule has 1 aromatic carbocycles. The minimum absolute atomic E-state index is 0.326. The van der Waals surface area contributed by atoms with Gasteiger partial charge in [-0.2, -0.15) is 0 Å². The van der Waals surface area contributed by atoms with E-state index in [2.05, 4.69) is 68.0 Å². The number of aromatic nitrogens is 1. The maximum absolute atomic E-state index is 5.82. The van der Waals surface area contributed by atoms with Crippen molar-refractivity contribution >= 4 is 5.69 Å². The molecule has 3 nitrogen and oxygen atoms in total. The molecule has 0 saturated carbocycles. The monoisotopic (exact) mass is 312 g/mol. The van der Waals surface area contributed by atoms with Crippen molar-refractivity contribution in [2.24, 2.45) is 0 Å². The number of likely N-dealkylation sites (N-methyl/N-ethyl adjacent to an activating group) is 1. The number of nitrogens with zero attached hydrogens (tertiary/aromatic N) is 2. The molecule has 0 bridgehead atoms. The summed E-state index contributed by atoms with van der Waals surface area (Å²) in [6, 6.07) is 14.8. The van der Waals surface area contributed by atoms with Crippen LogP contribution >= 0.6 is 0 Å². The Kier molecular flexibility index (Phi) is 6.60. The number of rotatable bonds is 8. The van der Waals surface area contributed by atoms with E-state index < -0.39 is 0 Å². The molecule has 0 N–H and O–H groups in total. The summed E-state index contributed by atoms with van der Waals surface area (Å²) in [6.07, 6.45) is 1.83. The zero-order valence-corrected chi connectivity index (χ0v) is 14.7. The summed E-state index contributed by atoms with van der Waals surface area (Å²) in [6.45, 7) is 8.90. The van der Waals surface area contributed by atoms with Crippen molar-refractivity contribution in [2.45, 2.75) is 32.6 Å². The molecule has 1 heterocycles. The van der Waals surface area contributed by atoms with Gasteiger partial charge in [0.15, 0.2) is 0 Å². The first-order valence-electron chi connectivity index (χ1n) is 8.37. The van der Waals surface area contributed by atoms with Gasteiger partial charge in [-0.1, -0.05) is 39.0 Å². The first-order chi connectivity index (χ1) is 11.1. The summed E-state index contributed by atoms with van der Waals surface area (Å²) in [5.41, 5.74) is 3.70. The fraction of sp³-hybridized carbons (Fsp3) is 0.450. The first-order valence-corrected chi connectivity index (χ1v) is 8.37. The molecular formula is C20H28N2O. The Hall–Kier alpha value is -1.87. The number of benzene rings is 1. The van der Waals surface area contributed by atoms with Crippen LogP contribution in [-0.2, 0) is 4.74 Å². The van der Waals surface area contributed by atoms with Gasteiger partial charge in [0, 0.05) is 37.1 Å². The van der Waals surface area contributed by atoms with E-state index in [4.69, 9.17) is 4.74 Å². The Balaban J connectivity index is 1.73. The molecular weight excluding hydrogens is 284 g/mol. The maximum Gasteiger partial charge on any atom is 0.0641 e. The van der Waals surface area contributed by atoms with Crippen molar-refractivity contribution in [1.82, 2.24) is 4.98 Å². The summed E-state index contributed by atoms with van der Waals surface area (Å²) in [5.74, 6) is 0.901. The van der Waals surface area contributed by atoms with Crippen molar-refractivity contribution in [1.29, 1.82) is 0 Å².